The number of esters is 2. The molecule has 0 aliphatic carbocycles. The van der Waals surface area contributed by atoms with Crippen LogP contribution in [0.15, 0.2) is 12.2 Å². The first-order valence-corrected chi connectivity index (χ1v) is 20.0. The zero-order chi connectivity index (χ0) is 33.3. The normalized spacial score (nSPS) is 12.5. The summed E-state index contributed by atoms with van der Waals surface area (Å²) >= 11 is 0. The number of unbranched alkanes of at least 4 members (excludes halogenated alkanes) is 22. The molecule has 0 saturated heterocycles. The molecule has 0 amide bonds. The second-order valence-electron chi connectivity index (χ2n) is 12.6. The average molecular weight is 661 g/mol. The Morgan fingerprint density at radius 3 is 1.36 bits per heavy atom. The van der Waals surface area contributed by atoms with Crippen molar-refractivity contribution in [1.82, 2.24) is 0 Å². The lowest BCUT2D eigenvalue weighted by molar-refractivity contribution is -0.161. The fourth-order valence-electron chi connectivity index (χ4n) is 5.25. The van der Waals surface area contributed by atoms with Gasteiger partial charge in [-0.15, -0.1) is 0 Å². The number of allylic oxidation sites excluding steroid dienone is 2. The molecular formula is C36H69O8P. The second-order valence-corrected chi connectivity index (χ2v) is 13.8. The Kier molecular flexibility index (Phi) is 31.8. The molecule has 266 valence electrons. The number of hydrogen-bond donors (Lipinski definition) is 2. The summed E-state index contributed by atoms with van der Waals surface area (Å²) in [5.41, 5.74) is 0. The van der Waals surface area contributed by atoms with Crippen LogP contribution in [0.25, 0.3) is 0 Å². The van der Waals surface area contributed by atoms with Crippen LogP contribution in [0.4, 0.5) is 0 Å². The van der Waals surface area contributed by atoms with E-state index in [4.69, 9.17) is 19.3 Å². The van der Waals surface area contributed by atoms with Crippen LogP contribution in [0.3, 0.4) is 0 Å². The maximum atomic E-state index is 12.3. The number of ether oxygens (including phenoxy) is 2. The Morgan fingerprint density at radius 2 is 0.933 bits per heavy atom. The van der Waals surface area contributed by atoms with Gasteiger partial charge in [0, 0.05) is 12.8 Å². The molecule has 0 bridgehead atoms. The molecule has 0 heterocycles. The van der Waals surface area contributed by atoms with E-state index in [0.717, 1.165) is 57.8 Å². The maximum Gasteiger partial charge on any atom is 0.469 e. The van der Waals surface area contributed by atoms with Crippen molar-refractivity contribution in [3.63, 3.8) is 0 Å². The van der Waals surface area contributed by atoms with Gasteiger partial charge in [-0.2, -0.15) is 0 Å². The van der Waals surface area contributed by atoms with Crippen molar-refractivity contribution in [3.05, 3.63) is 12.2 Å². The number of hydrogen-bond acceptors (Lipinski definition) is 6. The molecule has 0 aromatic rings. The molecule has 0 aliphatic rings. The summed E-state index contributed by atoms with van der Waals surface area (Å²) in [6, 6.07) is 0. The Bertz CT molecular complexity index is 751. The highest BCUT2D eigenvalue weighted by Gasteiger charge is 2.22. The standard InChI is InChI=1S/C36H69O8P/c1-3-5-7-9-11-13-15-16-17-18-19-21-22-24-26-28-30-35(37)42-32-34(33-43-45(39,40)41)44-36(38)31-29-27-25-23-20-14-12-10-8-6-4-2/h17-18,34H,3-16,19-33H2,1-2H3,(H2,39,40,41)/b18-17-/t34-/m1/s1. The lowest BCUT2D eigenvalue weighted by Gasteiger charge is -2.18. The molecule has 45 heavy (non-hydrogen) atoms. The predicted molar refractivity (Wildman–Crippen MR) is 184 cm³/mol. The van der Waals surface area contributed by atoms with Crippen LogP contribution in [0.2, 0.25) is 0 Å². The molecule has 9 heteroatoms. The highest BCUT2D eigenvalue weighted by molar-refractivity contribution is 7.46. The first kappa shape index (κ1) is 43.8. The SMILES string of the molecule is CCCCCCCCC/C=C\CCCCCCCC(=O)OC[C@H](COP(=O)(O)O)OC(=O)CCCCCCCCCCCCC. The highest BCUT2D eigenvalue weighted by Crippen LogP contribution is 2.36. The topological polar surface area (TPSA) is 119 Å². The molecule has 8 nitrogen and oxygen atoms in total. The van der Waals surface area contributed by atoms with Gasteiger partial charge in [0.25, 0.3) is 0 Å². The molecule has 1 atom stereocenters. The van der Waals surface area contributed by atoms with Gasteiger partial charge in [0.2, 0.25) is 0 Å². The Hall–Kier alpha value is -1.21. The number of phosphoric ester groups is 1. The summed E-state index contributed by atoms with van der Waals surface area (Å²) in [6.45, 7) is 3.66. The first-order valence-electron chi connectivity index (χ1n) is 18.5. The summed E-state index contributed by atoms with van der Waals surface area (Å²) in [5, 5.41) is 0. The van der Waals surface area contributed by atoms with E-state index in [9.17, 15) is 14.2 Å². The molecule has 0 fully saturated rings. The van der Waals surface area contributed by atoms with E-state index in [-0.39, 0.29) is 19.4 Å². The lowest BCUT2D eigenvalue weighted by Crippen LogP contribution is -2.29. The quantitative estimate of drug-likeness (QED) is 0.0303. The first-order chi connectivity index (χ1) is 21.8. The third-order valence-electron chi connectivity index (χ3n) is 8.03. The van der Waals surface area contributed by atoms with Crippen LogP contribution in [-0.2, 0) is 28.2 Å². The van der Waals surface area contributed by atoms with Gasteiger partial charge in [-0.3, -0.25) is 14.1 Å². The van der Waals surface area contributed by atoms with Crippen molar-refractivity contribution in [2.24, 2.45) is 0 Å². The minimum atomic E-state index is -4.74. The molecule has 0 spiro atoms. The van der Waals surface area contributed by atoms with Gasteiger partial charge >= 0.3 is 19.8 Å². The Balaban J connectivity index is 3.95. The van der Waals surface area contributed by atoms with Gasteiger partial charge in [0.1, 0.15) is 6.61 Å². The minimum Gasteiger partial charge on any atom is -0.462 e. The second kappa shape index (κ2) is 32.7. The van der Waals surface area contributed by atoms with Crippen LogP contribution in [0.1, 0.15) is 187 Å². The van der Waals surface area contributed by atoms with E-state index in [1.165, 1.54) is 96.3 Å². The van der Waals surface area contributed by atoms with Gasteiger partial charge in [-0.25, -0.2) is 4.57 Å². The van der Waals surface area contributed by atoms with Crippen LogP contribution in [0, 0.1) is 0 Å². The van der Waals surface area contributed by atoms with Crippen LogP contribution >= 0.6 is 7.82 Å². The smallest absolute Gasteiger partial charge is 0.462 e. The van der Waals surface area contributed by atoms with Gasteiger partial charge < -0.3 is 19.3 Å². The number of phosphoric acid groups is 1. The van der Waals surface area contributed by atoms with Crippen LogP contribution in [-0.4, -0.2) is 41.0 Å². The Morgan fingerprint density at radius 1 is 0.556 bits per heavy atom. The van der Waals surface area contributed by atoms with E-state index in [0.29, 0.717) is 6.42 Å². The van der Waals surface area contributed by atoms with Gasteiger partial charge in [0.15, 0.2) is 6.10 Å². The molecule has 0 saturated carbocycles. The summed E-state index contributed by atoms with van der Waals surface area (Å²) in [6.07, 6.45) is 33.6. The number of carbonyl (C=O) groups is 2. The van der Waals surface area contributed by atoms with E-state index < -0.39 is 32.5 Å². The van der Waals surface area contributed by atoms with Crippen molar-refractivity contribution in [2.75, 3.05) is 13.2 Å². The summed E-state index contributed by atoms with van der Waals surface area (Å²) in [4.78, 5) is 42.6. The molecule has 0 rings (SSSR count). The summed E-state index contributed by atoms with van der Waals surface area (Å²) in [7, 11) is -4.74. The zero-order valence-electron chi connectivity index (χ0n) is 29.0. The third-order valence-corrected chi connectivity index (χ3v) is 8.52. The molecule has 0 unspecified atom stereocenters. The molecular weight excluding hydrogens is 591 g/mol. The van der Waals surface area contributed by atoms with Crippen molar-refractivity contribution < 1.29 is 37.9 Å². The molecule has 0 radical (unpaired) electrons. The molecule has 0 aliphatic heterocycles. The summed E-state index contributed by atoms with van der Waals surface area (Å²) < 4.78 is 26.2. The average Bonchev–Trinajstić information content (AvgIpc) is 3.00. The largest absolute Gasteiger partial charge is 0.469 e. The van der Waals surface area contributed by atoms with E-state index >= 15 is 0 Å². The lowest BCUT2D eigenvalue weighted by atomic mass is 10.1. The van der Waals surface area contributed by atoms with Crippen LogP contribution in [0.5, 0.6) is 0 Å². The Labute approximate surface area is 276 Å². The molecule has 0 aromatic carbocycles. The fourth-order valence-corrected chi connectivity index (χ4v) is 5.61. The molecule has 0 aromatic heterocycles. The molecule has 2 N–H and O–H groups in total. The minimum absolute atomic E-state index is 0.215. The van der Waals surface area contributed by atoms with Crippen molar-refractivity contribution in [3.8, 4) is 0 Å². The van der Waals surface area contributed by atoms with Crippen molar-refractivity contribution in [2.45, 2.75) is 193 Å². The van der Waals surface area contributed by atoms with Gasteiger partial charge in [-0.05, 0) is 38.5 Å². The number of rotatable bonds is 34. The predicted octanol–water partition coefficient (Wildman–Crippen LogP) is 10.7. The van der Waals surface area contributed by atoms with E-state index in [1.807, 2.05) is 0 Å². The zero-order valence-corrected chi connectivity index (χ0v) is 29.9. The number of carbonyl (C=O) groups excluding carboxylic acids is 2. The van der Waals surface area contributed by atoms with Gasteiger partial charge in [-0.1, -0.05) is 148 Å². The third kappa shape index (κ3) is 35.5. The maximum absolute atomic E-state index is 12.3. The van der Waals surface area contributed by atoms with E-state index in [2.05, 4.69) is 30.5 Å². The highest BCUT2D eigenvalue weighted by atomic mass is 31.2. The van der Waals surface area contributed by atoms with Crippen molar-refractivity contribution >= 4 is 19.8 Å². The summed E-state index contributed by atoms with van der Waals surface area (Å²) in [5.74, 6) is -0.889. The van der Waals surface area contributed by atoms with E-state index in [1.54, 1.807) is 0 Å². The fraction of sp³-hybridized carbons (Fsp3) is 0.889. The van der Waals surface area contributed by atoms with Crippen LogP contribution < -0.4 is 0 Å². The van der Waals surface area contributed by atoms with Gasteiger partial charge in [0.05, 0.1) is 6.61 Å². The van der Waals surface area contributed by atoms with Crippen molar-refractivity contribution in [1.29, 1.82) is 0 Å². The monoisotopic (exact) mass is 660 g/mol.